The Bertz CT molecular complexity index is 597. The van der Waals surface area contributed by atoms with Gasteiger partial charge in [0, 0.05) is 11.6 Å². The molecule has 2 atom stereocenters. The molecule has 6 heteroatoms. The van der Waals surface area contributed by atoms with Crippen molar-refractivity contribution in [3.8, 4) is 5.75 Å². The molecule has 1 saturated carbocycles. The highest BCUT2D eigenvalue weighted by molar-refractivity contribution is 5.98. The van der Waals surface area contributed by atoms with E-state index in [-0.39, 0.29) is 12.2 Å². The first kappa shape index (κ1) is 17.2. The summed E-state index contributed by atoms with van der Waals surface area (Å²) >= 11 is 0. The summed E-state index contributed by atoms with van der Waals surface area (Å²) in [6, 6.07) is 6.66. The van der Waals surface area contributed by atoms with E-state index in [4.69, 9.17) is 31.9 Å². The van der Waals surface area contributed by atoms with Gasteiger partial charge in [-0.15, -0.1) is 0 Å². The molecule has 132 valence electrons. The quantitative estimate of drug-likeness (QED) is 0.441. The molecule has 3 rings (SSSR count). The molecule has 0 spiro atoms. The highest BCUT2D eigenvalue weighted by Gasteiger charge is 2.26. The van der Waals surface area contributed by atoms with E-state index in [1.807, 2.05) is 19.1 Å². The SMILES string of the molecule is C[C@H](ON)[C@H]1CCc2cc(C(N)=NC3CCC(N)CC3)ccc2O1. The molecule has 24 heavy (non-hydrogen) atoms. The first-order valence-corrected chi connectivity index (χ1v) is 8.81. The normalized spacial score (nSPS) is 28.8. The zero-order valence-corrected chi connectivity index (χ0v) is 14.3. The summed E-state index contributed by atoms with van der Waals surface area (Å²) in [7, 11) is 0. The van der Waals surface area contributed by atoms with Crippen LogP contribution in [0.5, 0.6) is 5.75 Å². The average Bonchev–Trinajstić information content (AvgIpc) is 2.62. The number of amidine groups is 1. The van der Waals surface area contributed by atoms with Gasteiger partial charge in [-0.05, 0) is 69.2 Å². The third kappa shape index (κ3) is 3.88. The molecule has 0 saturated heterocycles. The molecule has 1 heterocycles. The van der Waals surface area contributed by atoms with E-state index in [1.54, 1.807) is 0 Å². The summed E-state index contributed by atoms with van der Waals surface area (Å²) in [5.41, 5.74) is 14.3. The number of rotatable bonds is 4. The van der Waals surface area contributed by atoms with Crippen LogP contribution in [0.25, 0.3) is 0 Å². The van der Waals surface area contributed by atoms with Crippen molar-refractivity contribution in [2.75, 3.05) is 0 Å². The van der Waals surface area contributed by atoms with Crippen molar-refractivity contribution in [3.63, 3.8) is 0 Å². The number of aliphatic imine (C=N–C) groups is 1. The third-order valence-electron chi connectivity index (χ3n) is 5.13. The van der Waals surface area contributed by atoms with Crippen LogP contribution in [0.3, 0.4) is 0 Å². The summed E-state index contributed by atoms with van der Waals surface area (Å²) in [6.45, 7) is 1.92. The topological polar surface area (TPSA) is 109 Å². The molecule has 1 fully saturated rings. The van der Waals surface area contributed by atoms with Gasteiger partial charge in [-0.25, -0.2) is 5.90 Å². The smallest absolute Gasteiger partial charge is 0.127 e. The van der Waals surface area contributed by atoms with Crippen LogP contribution in [0.1, 0.15) is 50.2 Å². The van der Waals surface area contributed by atoms with Crippen molar-refractivity contribution >= 4 is 5.84 Å². The summed E-state index contributed by atoms with van der Waals surface area (Å²) in [6.07, 6.45) is 5.78. The van der Waals surface area contributed by atoms with Gasteiger partial charge in [-0.1, -0.05) is 0 Å². The van der Waals surface area contributed by atoms with Crippen molar-refractivity contribution in [1.29, 1.82) is 0 Å². The van der Waals surface area contributed by atoms with Crippen molar-refractivity contribution in [2.45, 2.75) is 69.7 Å². The highest BCUT2D eigenvalue weighted by atomic mass is 16.6. The van der Waals surface area contributed by atoms with Crippen LogP contribution in [0.2, 0.25) is 0 Å². The fourth-order valence-corrected chi connectivity index (χ4v) is 3.49. The Kier molecular flexibility index (Phi) is 5.38. The average molecular weight is 332 g/mol. The number of hydrogen-bond acceptors (Lipinski definition) is 5. The van der Waals surface area contributed by atoms with Crippen LogP contribution in [-0.2, 0) is 11.3 Å². The summed E-state index contributed by atoms with van der Waals surface area (Å²) < 4.78 is 5.98. The maximum Gasteiger partial charge on any atom is 0.127 e. The van der Waals surface area contributed by atoms with E-state index < -0.39 is 0 Å². The number of benzene rings is 1. The maximum atomic E-state index is 6.23. The number of aryl methyl sites for hydroxylation is 1. The molecule has 1 aromatic carbocycles. The molecule has 0 unspecified atom stereocenters. The van der Waals surface area contributed by atoms with Crippen LogP contribution in [0.15, 0.2) is 23.2 Å². The highest BCUT2D eigenvalue weighted by Crippen LogP contribution is 2.30. The maximum absolute atomic E-state index is 6.23. The predicted octanol–water partition coefficient (Wildman–Crippen LogP) is 1.63. The minimum absolute atomic E-state index is 0.00851. The molecule has 1 aliphatic carbocycles. The van der Waals surface area contributed by atoms with Gasteiger partial charge in [0.15, 0.2) is 0 Å². The zero-order chi connectivity index (χ0) is 17.1. The van der Waals surface area contributed by atoms with Gasteiger partial charge >= 0.3 is 0 Å². The van der Waals surface area contributed by atoms with E-state index in [1.165, 1.54) is 0 Å². The molecule has 6 N–H and O–H groups in total. The lowest BCUT2D eigenvalue weighted by Crippen LogP contribution is -2.36. The lowest BCUT2D eigenvalue weighted by Gasteiger charge is -2.29. The van der Waals surface area contributed by atoms with Crippen molar-refractivity contribution < 1.29 is 9.57 Å². The second-order valence-electron chi connectivity index (χ2n) is 6.94. The minimum atomic E-state index is -0.123. The monoisotopic (exact) mass is 332 g/mol. The molecule has 0 radical (unpaired) electrons. The van der Waals surface area contributed by atoms with Gasteiger partial charge < -0.3 is 16.2 Å². The van der Waals surface area contributed by atoms with E-state index in [2.05, 4.69) is 6.07 Å². The Morgan fingerprint density at radius 1 is 1.25 bits per heavy atom. The first-order chi connectivity index (χ1) is 11.6. The van der Waals surface area contributed by atoms with Crippen LogP contribution >= 0.6 is 0 Å². The Hall–Kier alpha value is -1.63. The summed E-state index contributed by atoms with van der Waals surface area (Å²) in [5, 5.41) is 0. The number of hydrogen-bond donors (Lipinski definition) is 3. The van der Waals surface area contributed by atoms with Gasteiger partial charge in [0.1, 0.15) is 23.8 Å². The molecule has 0 bridgehead atoms. The largest absolute Gasteiger partial charge is 0.487 e. The van der Waals surface area contributed by atoms with Gasteiger partial charge in [0.05, 0.1) is 6.04 Å². The fraction of sp³-hybridized carbons (Fsp3) is 0.611. The number of fused-ring (bicyclic) bond motifs is 1. The second kappa shape index (κ2) is 7.51. The fourth-order valence-electron chi connectivity index (χ4n) is 3.49. The number of ether oxygens (including phenoxy) is 1. The van der Waals surface area contributed by atoms with Gasteiger partial charge in [-0.2, -0.15) is 0 Å². The van der Waals surface area contributed by atoms with Gasteiger partial charge in [-0.3, -0.25) is 9.83 Å². The van der Waals surface area contributed by atoms with Crippen molar-refractivity contribution in [1.82, 2.24) is 0 Å². The molecule has 6 nitrogen and oxygen atoms in total. The second-order valence-corrected chi connectivity index (χ2v) is 6.94. The van der Waals surface area contributed by atoms with Crippen LogP contribution in [0, 0.1) is 0 Å². The summed E-state index contributed by atoms with van der Waals surface area (Å²) in [4.78, 5) is 9.59. The van der Waals surface area contributed by atoms with Crippen LogP contribution in [-0.4, -0.2) is 30.1 Å². The van der Waals surface area contributed by atoms with Crippen LogP contribution < -0.4 is 22.1 Å². The standard InChI is InChI=1S/C18H28N4O2/c1-11(24-21)16-8-2-12-10-13(3-9-17(12)23-16)18(20)22-15-6-4-14(19)5-7-15/h3,9-11,14-16H,2,4-8,19,21H2,1H3,(H2,20,22)/t11-,14?,15?,16+/m0/s1. The lowest BCUT2D eigenvalue weighted by molar-refractivity contribution is -0.0238. The Balaban J connectivity index is 1.70. The Morgan fingerprint density at radius 2 is 2.00 bits per heavy atom. The molecular weight excluding hydrogens is 304 g/mol. The predicted molar refractivity (Wildman–Crippen MR) is 94.9 cm³/mol. The van der Waals surface area contributed by atoms with Gasteiger partial charge in [0.25, 0.3) is 0 Å². The molecule has 0 amide bonds. The van der Waals surface area contributed by atoms with Crippen LogP contribution in [0.4, 0.5) is 0 Å². The van der Waals surface area contributed by atoms with Crippen molar-refractivity contribution in [2.24, 2.45) is 22.4 Å². The molecule has 1 aromatic rings. The van der Waals surface area contributed by atoms with Crippen molar-refractivity contribution in [3.05, 3.63) is 29.3 Å². The van der Waals surface area contributed by atoms with E-state index in [9.17, 15) is 0 Å². The summed E-state index contributed by atoms with van der Waals surface area (Å²) in [5.74, 6) is 6.76. The van der Waals surface area contributed by atoms with E-state index in [0.29, 0.717) is 17.9 Å². The third-order valence-corrected chi connectivity index (χ3v) is 5.13. The molecular formula is C18H28N4O2. The molecule has 0 aromatic heterocycles. The minimum Gasteiger partial charge on any atom is -0.487 e. The number of nitrogens with zero attached hydrogens (tertiary/aromatic N) is 1. The lowest BCUT2D eigenvalue weighted by atomic mass is 9.92. The molecule has 2 aliphatic rings. The van der Waals surface area contributed by atoms with E-state index in [0.717, 1.165) is 55.4 Å². The Morgan fingerprint density at radius 3 is 2.71 bits per heavy atom. The Labute approximate surface area is 143 Å². The molecule has 1 aliphatic heterocycles. The number of nitrogens with two attached hydrogens (primary N) is 3. The first-order valence-electron chi connectivity index (χ1n) is 8.81. The van der Waals surface area contributed by atoms with Gasteiger partial charge in [0.2, 0.25) is 0 Å². The zero-order valence-electron chi connectivity index (χ0n) is 14.3. The van der Waals surface area contributed by atoms with E-state index >= 15 is 0 Å².